The molecule has 4 atom stereocenters. The van der Waals surface area contributed by atoms with E-state index < -0.39 is 12.1 Å². The maximum Gasteiger partial charge on any atom is 0.306 e. The van der Waals surface area contributed by atoms with Gasteiger partial charge in [0.05, 0.1) is 30.2 Å². The number of carboxylic acid groups (broad SMARTS) is 2. The van der Waals surface area contributed by atoms with E-state index in [-0.39, 0.29) is 18.4 Å². The Labute approximate surface area is 221 Å². The zero-order chi connectivity index (χ0) is 27.0. The summed E-state index contributed by atoms with van der Waals surface area (Å²) in [5, 5.41) is 28.4. The predicted octanol–water partition coefficient (Wildman–Crippen LogP) is 4.44. The van der Waals surface area contributed by atoms with Crippen LogP contribution in [0.25, 0.3) is 11.0 Å². The molecule has 4 unspecified atom stereocenters. The number of nitrogens with zero attached hydrogens (tertiary/aromatic N) is 3. The van der Waals surface area contributed by atoms with Crippen LogP contribution < -0.4 is 4.90 Å². The van der Waals surface area contributed by atoms with Crippen molar-refractivity contribution in [2.75, 3.05) is 11.9 Å². The molecule has 0 bridgehead atoms. The standard InChI is InChI=1S/C28H33N3O4.CH2O2/c1-16-9-10-21-23(30(16)2)11-12-24-25(21)29-27(31(24)19-7-3-5-17(13-19)28(33)34)26(32)20-8-4-6-18-14-35-15-22(18)20;2-1-3/h4,6,8,11-12,16-17,19,26,32H,3,5,7,9-10,13-15H2,1-2H3,(H,33,34);1H,(H,2,3). The van der Waals surface area contributed by atoms with Crippen molar-refractivity contribution < 1.29 is 29.6 Å². The van der Waals surface area contributed by atoms with E-state index in [0.29, 0.717) is 37.9 Å². The Morgan fingerprint density at radius 1 is 1.16 bits per heavy atom. The lowest BCUT2D eigenvalue weighted by Crippen LogP contribution is -2.33. The second-order valence-corrected chi connectivity index (χ2v) is 10.6. The van der Waals surface area contributed by atoms with Crippen LogP contribution in [0.5, 0.6) is 0 Å². The SMILES string of the molecule is CC1CCc2c(ccc3c2nc(C(O)c2cccc4c2COC4)n3C2CCCC(C(=O)O)C2)N1C.O=CO. The van der Waals surface area contributed by atoms with E-state index >= 15 is 0 Å². The molecule has 38 heavy (non-hydrogen) atoms. The van der Waals surface area contributed by atoms with Gasteiger partial charge in [-0.1, -0.05) is 24.6 Å². The first-order valence-corrected chi connectivity index (χ1v) is 13.3. The van der Waals surface area contributed by atoms with E-state index in [2.05, 4.69) is 35.6 Å². The third-order valence-electron chi connectivity index (χ3n) is 8.54. The van der Waals surface area contributed by atoms with Crippen molar-refractivity contribution in [2.45, 2.75) is 76.9 Å². The van der Waals surface area contributed by atoms with Gasteiger partial charge in [-0.3, -0.25) is 9.59 Å². The van der Waals surface area contributed by atoms with Crippen molar-refractivity contribution in [2.24, 2.45) is 5.92 Å². The molecule has 1 aromatic heterocycles. The number of rotatable bonds is 4. The lowest BCUT2D eigenvalue weighted by Gasteiger charge is -2.34. The number of aromatic nitrogens is 2. The van der Waals surface area contributed by atoms with Gasteiger partial charge >= 0.3 is 5.97 Å². The second kappa shape index (κ2) is 10.7. The number of hydrogen-bond acceptors (Lipinski definition) is 6. The molecule has 1 saturated carbocycles. The van der Waals surface area contributed by atoms with E-state index in [4.69, 9.17) is 19.6 Å². The number of hydrogen-bond donors (Lipinski definition) is 3. The normalized spacial score (nSPS) is 23.2. The number of benzene rings is 2. The van der Waals surface area contributed by atoms with Crippen molar-refractivity contribution in [3.05, 3.63) is 58.4 Å². The van der Waals surface area contributed by atoms with Crippen LogP contribution in [0.4, 0.5) is 5.69 Å². The molecule has 6 rings (SSSR count). The zero-order valence-electron chi connectivity index (χ0n) is 21.8. The monoisotopic (exact) mass is 521 g/mol. The molecular weight excluding hydrogens is 486 g/mol. The minimum absolute atomic E-state index is 0.00851. The fraction of sp³-hybridized carbons (Fsp3) is 0.483. The molecule has 0 saturated heterocycles. The summed E-state index contributed by atoms with van der Waals surface area (Å²) in [6.07, 6.45) is 4.11. The highest BCUT2D eigenvalue weighted by Gasteiger charge is 2.34. The van der Waals surface area contributed by atoms with Crippen molar-refractivity contribution in [3.8, 4) is 0 Å². The Bertz CT molecular complexity index is 1350. The van der Waals surface area contributed by atoms with Crippen molar-refractivity contribution in [3.63, 3.8) is 0 Å². The predicted molar refractivity (Wildman–Crippen MR) is 142 cm³/mol. The van der Waals surface area contributed by atoms with Crippen LogP contribution in [0, 0.1) is 5.92 Å². The van der Waals surface area contributed by atoms with Crippen molar-refractivity contribution in [1.29, 1.82) is 0 Å². The van der Waals surface area contributed by atoms with Crippen molar-refractivity contribution in [1.82, 2.24) is 9.55 Å². The molecule has 2 aliphatic heterocycles. The number of ether oxygens (including phenoxy) is 1. The van der Waals surface area contributed by atoms with Gasteiger partial charge in [0.25, 0.3) is 6.47 Å². The van der Waals surface area contributed by atoms with E-state index in [9.17, 15) is 15.0 Å². The van der Waals surface area contributed by atoms with E-state index in [1.807, 2.05) is 18.2 Å². The van der Waals surface area contributed by atoms with Gasteiger partial charge in [0.15, 0.2) is 0 Å². The average molecular weight is 522 g/mol. The first kappa shape index (κ1) is 26.2. The maximum absolute atomic E-state index is 11.9. The second-order valence-electron chi connectivity index (χ2n) is 10.6. The molecule has 0 radical (unpaired) electrons. The topological polar surface area (TPSA) is 125 Å². The summed E-state index contributed by atoms with van der Waals surface area (Å²) in [4.78, 5) is 27.7. The third kappa shape index (κ3) is 4.54. The fourth-order valence-electron chi connectivity index (χ4n) is 6.41. The van der Waals surface area contributed by atoms with Crippen LogP contribution in [0.15, 0.2) is 30.3 Å². The molecule has 0 spiro atoms. The molecular formula is C29H35N3O6. The first-order chi connectivity index (χ1) is 18.3. The number of aliphatic hydroxyl groups is 1. The molecule has 0 amide bonds. The van der Waals surface area contributed by atoms with Crippen LogP contribution >= 0.6 is 0 Å². The number of anilines is 1. The summed E-state index contributed by atoms with van der Waals surface area (Å²) in [5.74, 6) is -0.478. The van der Waals surface area contributed by atoms with Gasteiger partial charge in [0.1, 0.15) is 11.9 Å². The number of aryl methyl sites for hydroxylation is 1. The quantitative estimate of drug-likeness (QED) is 0.431. The van der Waals surface area contributed by atoms with Gasteiger partial charge in [0, 0.05) is 30.4 Å². The largest absolute Gasteiger partial charge is 0.483 e. The number of aliphatic hydroxyl groups excluding tert-OH is 1. The van der Waals surface area contributed by atoms with Gasteiger partial charge < -0.3 is 29.5 Å². The van der Waals surface area contributed by atoms with Gasteiger partial charge in [-0.25, -0.2) is 4.98 Å². The number of imidazole rings is 1. The summed E-state index contributed by atoms with van der Waals surface area (Å²) in [6, 6.07) is 10.7. The van der Waals surface area contributed by atoms with Gasteiger partial charge in [0.2, 0.25) is 0 Å². The number of carbonyl (C=O) groups is 2. The lowest BCUT2D eigenvalue weighted by molar-refractivity contribution is -0.143. The fourth-order valence-corrected chi connectivity index (χ4v) is 6.41. The van der Waals surface area contributed by atoms with Crippen LogP contribution in [-0.4, -0.2) is 50.4 Å². The highest BCUT2D eigenvalue weighted by molar-refractivity contribution is 5.86. The van der Waals surface area contributed by atoms with E-state index in [0.717, 1.165) is 53.4 Å². The minimum atomic E-state index is -0.903. The lowest BCUT2D eigenvalue weighted by atomic mass is 9.85. The summed E-state index contributed by atoms with van der Waals surface area (Å²) in [5.41, 5.74) is 7.35. The van der Waals surface area contributed by atoms with Crippen LogP contribution in [0.2, 0.25) is 0 Å². The van der Waals surface area contributed by atoms with Crippen molar-refractivity contribution >= 4 is 29.2 Å². The highest BCUT2D eigenvalue weighted by Crippen LogP contribution is 2.42. The Hall–Kier alpha value is -3.43. The van der Waals surface area contributed by atoms with Crippen LogP contribution in [0.3, 0.4) is 0 Å². The smallest absolute Gasteiger partial charge is 0.306 e. The molecule has 202 valence electrons. The average Bonchev–Trinajstić information content (AvgIpc) is 3.56. The van der Waals surface area contributed by atoms with E-state index in [1.54, 1.807) is 0 Å². The summed E-state index contributed by atoms with van der Waals surface area (Å²) >= 11 is 0. The Morgan fingerprint density at radius 2 is 1.95 bits per heavy atom. The summed E-state index contributed by atoms with van der Waals surface area (Å²) < 4.78 is 7.84. The number of aliphatic carboxylic acids is 1. The van der Waals surface area contributed by atoms with Gasteiger partial charge in [-0.05, 0) is 67.9 Å². The molecule has 3 aromatic rings. The molecule has 9 heteroatoms. The molecule has 1 aliphatic carbocycles. The Morgan fingerprint density at radius 3 is 2.71 bits per heavy atom. The van der Waals surface area contributed by atoms with Crippen LogP contribution in [-0.2, 0) is 34.0 Å². The van der Waals surface area contributed by atoms with Crippen LogP contribution in [0.1, 0.15) is 79.3 Å². The zero-order valence-corrected chi connectivity index (χ0v) is 21.8. The molecule has 9 nitrogen and oxygen atoms in total. The molecule has 3 heterocycles. The summed E-state index contributed by atoms with van der Waals surface area (Å²) in [6.45, 7) is 3.05. The molecule has 2 aromatic carbocycles. The molecule has 3 aliphatic rings. The third-order valence-corrected chi connectivity index (χ3v) is 8.54. The highest BCUT2D eigenvalue weighted by atomic mass is 16.5. The summed E-state index contributed by atoms with van der Waals surface area (Å²) in [7, 11) is 2.13. The maximum atomic E-state index is 11.9. The minimum Gasteiger partial charge on any atom is -0.483 e. The number of carboxylic acids is 1. The van der Waals surface area contributed by atoms with Gasteiger partial charge in [-0.15, -0.1) is 0 Å². The number of fused-ring (bicyclic) bond motifs is 4. The first-order valence-electron chi connectivity index (χ1n) is 13.3. The van der Waals surface area contributed by atoms with Gasteiger partial charge in [-0.2, -0.15) is 0 Å². The Kier molecular flexibility index (Phi) is 7.40. The molecule has 3 N–H and O–H groups in total. The Balaban J connectivity index is 0.000000937. The van der Waals surface area contributed by atoms with E-state index in [1.165, 1.54) is 11.3 Å². The molecule has 1 fully saturated rings.